The van der Waals surface area contributed by atoms with Crippen molar-refractivity contribution in [3.63, 3.8) is 0 Å². The smallest absolute Gasteiger partial charge is 0.0685 e. The van der Waals surface area contributed by atoms with E-state index in [1.165, 1.54) is 0 Å². The Kier molecular flexibility index (Phi) is 5.71. The first-order valence-corrected chi connectivity index (χ1v) is 9.73. The molecule has 0 unspecified atom stereocenters. The first kappa shape index (κ1) is 20.7. The molecule has 6 heteroatoms. The second kappa shape index (κ2) is 8.28. The van der Waals surface area contributed by atoms with Gasteiger partial charge in [-0.3, -0.25) is 0 Å². The molecule has 0 spiro atoms. The van der Waals surface area contributed by atoms with Gasteiger partial charge in [0.15, 0.2) is 0 Å². The molecule has 6 nitrogen and oxygen atoms in total. The molecule has 0 atom stereocenters. The number of hydrogen-bond donors (Lipinski definition) is 6. The van der Waals surface area contributed by atoms with Crippen molar-refractivity contribution < 1.29 is 30.6 Å². The van der Waals surface area contributed by atoms with Gasteiger partial charge in [-0.1, -0.05) is 0 Å². The van der Waals surface area contributed by atoms with E-state index in [0.29, 0.717) is 33.4 Å². The minimum atomic E-state index is -0.224. The van der Waals surface area contributed by atoms with Crippen molar-refractivity contribution in [2.24, 2.45) is 0 Å². The Hall–Kier alpha value is -2.58. The fraction of sp³-hybridized carbons (Fsp3) is 0.250. The topological polar surface area (TPSA) is 121 Å². The molecule has 0 aromatic heterocycles. The Balaban J connectivity index is 2.29. The first-order chi connectivity index (χ1) is 14.6. The standard InChI is InChI=1S/C24H24O6/c25-7-13-1-19-20(2-14(13)8-26)22-5-17(11-29)18(12-30)6-24(22)23-4-16(10-28)15(9-27)3-21(19)23/h1-6,25-30H,7-12H2. The quantitative estimate of drug-likeness (QED) is 0.272. The monoisotopic (exact) mass is 408 g/mol. The summed E-state index contributed by atoms with van der Waals surface area (Å²) in [6.07, 6.45) is 0. The average Bonchev–Trinajstić information content (AvgIpc) is 2.81. The van der Waals surface area contributed by atoms with Gasteiger partial charge in [0.2, 0.25) is 0 Å². The Bertz CT molecular complexity index is 979. The molecule has 0 bridgehead atoms. The van der Waals surface area contributed by atoms with Crippen LogP contribution >= 0.6 is 0 Å². The Morgan fingerprint density at radius 1 is 0.300 bits per heavy atom. The molecule has 0 aliphatic heterocycles. The van der Waals surface area contributed by atoms with E-state index in [0.717, 1.165) is 32.3 Å². The highest BCUT2D eigenvalue weighted by Gasteiger charge is 2.16. The Labute approximate surface area is 172 Å². The molecule has 0 amide bonds. The SMILES string of the molecule is OCc1cc2c3cc(CO)c(CO)cc3c3cc(CO)c(CO)cc3c2cc1CO. The van der Waals surface area contributed by atoms with E-state index in [-0.39, 0.29) is 39.6 Å². The maximum Gasteiger partial charge on any atom is 0.0685 e. The van der Waals surface area contributed by atoms with E-state index >= 15 is 0 Å². The van der Waals surface area contributed by atoms with Crippen LogP contribution in [0, 0.1) is 0 Å². The molecule has 4 aromatic rings. The van der Waals surface area contributed by atoms with Crippen LogP contribution < -0.4 is 0 Å². The van der Waals surface area contributed by atoms with Crippen molar-refractivity contribution in [1.29, 1.82) is 0 Å². The van der Waals surface area contributed by atoms with Gasteiger partial charge in [-0.2, -0.15) is 0 Å². The van der Waals surface area contributed by atoms with Gasteiger partial charge in [0, 0.05) is 0 Å². The zero-order chi connectivity index (χ0) is 21.4. The molecule has 0 saturated heterocycles. The average molecular weight is 408 g/mol. The van der Waals surface area contributed by atoms with Crippen LogP contribution in [0.25, 0.3) is 32.3 Å². The molecular weight excluding hydrogens is 384 g/mol. The van der Waals surface area contributed by atoms with Crippen LogP contribution in [0.2, 0.25) is 0 Å². The molecule has 0 radical (unpaired) electrons. The highest BCUT2D eigenvalue weighted by molar-refractivity contribution is 6.26. The minimum absolute atomic E-state index is 0.224. The van der Waals surface area contributed by atoms with E-state index in [1.807, 2.05) is 36.4 Å². The normalized spacial score (nSPS) is 11.8. The number of aliphatic hydroxyl groups excluding tert-OH is 6. The summed E-state index contributed by atoms with van der Waals surface area (Å²) < 4.78 is 0. The Morgan fingerprint density at radius 2 is 0.433 bits per heavy atom. The first-order valence-electron chi connectivity index (χ1n) is 9.73. The molecule has 30 heavy (non-hydrogen) atoms. The van der Waals surface area contributed by atoms with Crippen LogP contribution in [0.4, 0.5) is 0 Å². The maximum atomic E-state index is 9.78. The van der Waals surface area contributed by atoms with Gasteiger partial charge in [-0.15, -0.1) is 0 Å². The zero-order valence-corrected chi connectivity index (χ0v) is 16.4. The summed E-state index contributed by atoms with van der Waals surface area (Å²) in [6.45, 7) is -1.34. The molecule has 0 saturated carbocycles. The fourth-order valence-corrected chi connectivity index (χ4v) is 4.29. The highest BCUT2D eigenvalue weighted by atomic mass is 16.3. The predicted octanol–water partition coefficient (Wildman–Crippen LogP) is 2.10. The van der Waals surface area contributed by atoms with Gasteiger partial charge in [0.25, 0.3) is 0 Å². The van der Waals surface area contributed by atoms with Crippen LogP contribution in [-0.4, -0.2) is 30.6 Å². The summed E-state index contributed by atoms with van der Waals surface area (Å²) in [7, 11) is 0. The molecule has 6 N–H and O–H groups in total. The largest absolute Gasteiger partial charge is 0.392 e. The van der Waals surface area contributed by atoms with Crippen LogP contribution in [0.15, 0.2) is 36.4 Å². The summed E-state index contributed by atoms with van der Waals surface area (Å²) >= 11 is 0. The molecule has 4 rings (SSSR count). The van der Waals surface area contributed by atoms with Crippen molar-refractivity contribution in [2.45, 2.75) is 39.6 Å². The fourth-order valence-electron chi connectivity index (χ4n) is 4.29. The van der Waals surface area contributed by atoms with Gasteiger partial charge >= 0.3 is 0 Å². The van der Waals surface area contributed by atoms with Crippen molar-refractivity contribution in [3.8, 4) is 0 Å². The highest BCUT2D eigenvalue weighted by Crippen LogP contribution is 2.39. The number of aliphatic hydroxyl groups is 6. The van der Waals surface area contributed by atoms with Gasteiger partial charge in [0.1, 0.15) is 0 Å². The number of hydrogen-bond acceptors (Lipinski definition) is 6. The summed E-state index contributed by atoms with van der Waals surface area (Å²) in [5.41, 5.74) is 3.65. The van der Waals surface area contributed by atoms with Crippen molar-refractivity contribution in [1.82, 2.24) is 0 Å². The third-order valence-corrected chi connectivity index (χ3v) is 5.91. The third kappa shape index (κ3) is 3.15. The minimum Gasteiger partial charge on any atom is -0.392 e. The number of fused-ring (bicyclic) bond motifs is 6. The van der Waals surface area contributed by atoms with Gasteiger partial charge < -0.3 is 30.6 Å². The molecule has 4 aromatic carbocycles. The zero-order valence-electron chi connectivity index (χ0n) is 16.4. The maximum absolute atomic E-state index is 9.78. The lowest BCUT2D eigenvalue weighted by atomic mass is 9.87. The van der Waals surface area contributed by atoms with E-state index in [4.69, 9.17) is 0 Å². The van der Waals surface area contributed by atoms with Crippen molar-refractivity contribution >= 4 is 32.3 Å². The van der Waals surface area contributed by atoms with Crippen LogP contribution in [-0.2, 0) is 39.6 Å². The molecular formula is C24H24O6. The van der Waals surface area contributed by atoms with E-state index in [9.17, 15) is 30.6 Å². The Morgan fingerprint density at radius 3 is 0.533 bits per heavy atom. The predicted molar refractivity (Wildman–Crippen MR) is 114 cm³/mol. The lowest BCUT2D eigenvalue weighted by Crippen LogP contribution is -2.00. The third-order valence-electron chi connectivity index (χ3n) is 5.91. The summed E-state index contributed by atoms with van der Waals surface area (Å²) in [4.78, 5) is 0. The number of rotatable bonds is 6. The molecule has 156 valence electrons. The van der Waals surface area contributed by atoms with Gasteiger partial charge in [0.05, 0.1) is 39.6 Å². The van der Waals surface area contributed by atoms with E-state index in [2.05, 4.69) is 0 Å². The molecule has 0 aliphatic rings. The lowest BCUT2D eigenvalue weighted by molar-refractivity contribution is 0.260. The van der Waals surface area contributed by atoms with Gasteiger partial charge in [-0.25, -0.2) is 0 Å². The van der Waals surface area contributed by atoms with Crippen molar-refractivity contribution in [3.05, 3.63) is 69.8 Å². The summed E-state index contributed by atoms with van der Waals surface area (Å²) in [5, 5.41) is 63.7. The van der Waals surface area contributed by atoms with Crippen LogP contribution in [0.1, 0.15) is 33.4 Å². The van der Waals surface area contributed by atoms with Crippen LogP contribution in [0.5, 0.6) is 0 Å². The van der Waals surface area contributed by atoms with Gasteiger partial charge in [-0.05, 0) is 102 Å². The van der Waals surface area contributed by atoms with Crippen molar-refractivity contribution in [2.75, 3.05) is 0 Å². The number of benzene rings is 4. The summed E-state index contributed by atoms with van der Waals surface area (Å²) in [6, 6.07) is 11.0. The van der Waals surface area contributed by atoms with Crippen LogP contribution in [0.3, 0.4) is 0 Å². The second-order valence-corrected chi connectivity index (χ2v) is 7.45. The second-order valence-electron chi connectivity index (χ2n) is 7.45. The van der Waals surface area contributed by atoms with E-state index < -0.39 is 0 Å². The molecule has 0 heterocycles. The van der Waals surface area contributed by atoms with E-state index in [1.54, 1.807) is 0 Å². The summed E-state index contributed by atoms with van der Waals surface area (Å²) in [5.74, 6) is 0. The lowest BCUT2D eigenvalue weighted by Gasteiger charge is -2.18. The molecule has 0 fully saturated rings. The molecule has 0 aliphatic carbocycles.